The van der Waals surface area contributed by atoms with Crippen LogP contribution in [0.15, 0.2) is 22.7 Å². The Labute approximate surface area is 94.7 Å². The van der Waals surface area contributed by atoms with Crippen molar-refractivity contribution in [2.45, 2.75) is 26.2 Å². The molecule has 0 spiro atoms. The molecule has 0 bridgehead atoms. The van der Waals surface area contributed by atoms with E-state index in [4.69, 9.17) is 10.2 Å². The Bertz CT molecular complexity index is 322. The summed E-state index contributed by atoms with van der Waals surface area (Å²) in [6.07, 6.45) is 0. The molecule has 0 unspecified atom stereocenters. The second-order valence-electron chi connectivity index (χ2n) is 4.21. The molecule has 4 heteroatoms. The Morgan fingerprint density at radius 3 is 2.43 bits per heavy atom. The number of hydrogen-bond acceptors (Lipinski definition) is 2. The lowest BCUT2D eigenvalue weighted by Gasteiger charge is -2.19. The highest BCUT2D eigenvalue weighted by Crippen LogP contribution is 2.23. The summed E-state index contributed by atoms with van der Waals surface area (Å²) in [5.41, 5.74) is 6.68. The van der Waals surface area contributed by atoms with Gasteiger partial charge in [0.1, 0.15) is 5.75 Å². The Kier molecular flexibility index (Phi) is 3.75. The molecule has 0 aromatic heterocycles. The normalized spacial score (nSPS) is 11.5. The highest BCUT2D eigenvalue weighted by Gasteiger charge is 2.16. The standard InChI is InChI=1S/C10H16BrNOSi/c1-14(2,3)13-10-5-8(7-12)4-9(11)6-10/h4-6H,7,12H2,1-3H3. The van der Waals surface area contributed by atoms with E-state index in [1.807, 2.05) is 18.2 Å². The maximum absolute atomic E-state index is 5.88. The predicted molar refractivity (Wildman–Crippen MR) is 66.0 cm³/mol. The summed E-state index contributed by atoms with van der Waals surface area (Å²) in [5.74, 6) is 0.916. The molecule has 2 N–H and O–H groups in total. The van der Waals surface area contributed by atoms with Crippen molar-refractivity contribution in [1.82, 2.24) is 0 Å². The van der Waals surface area contributed by atoms with Gasteiger partial charge in [0.05, 0.1) is 0 Å². The Morgan fingerprint density at radius 2 is 1.93 bits per heavy atom. The molecule has 1 aromatic rings. The number of nitrogens with two attached hydrogens (primary N) is 1. The van der Waals surface area contributed by atoms with Crippen LogP contribution in [0.1, 0.15) is 5.56 Å². The summed E-state index contributed by atoms with van der Waals surface area (Å²) in [6.45, 7) is 7.03. The number of benzene rings is 1. The molecule has 0 aliphatic carbocycles. The Hall–Kier alpha value is -0.323. The first-order valence-electron chi connectivity index (χ1n) is 4.59. The molecule has 78 valence electrons. The van der Waals surface area contributed by atoms with Crippen molar-refractivity contribution in [2.75, 3.05) is 0 Å². The van der Waals surface area contributed by atoms with Gasteiger partial charge < -0.3 is 10.2 Å². The Balaban J connectivity index is 2.92. The summed E-state index contributed by atoms with van der Waals surface area (Å²) >= 11 is 3.44. The lowest BCUT2D eigenvalue weighted by atomic mass is 10.2. The van der Waals surface area contributed by atoms with Crippen LogP contribution in [0.3, 0.4) is 0 Å². The van der Waals surface area contributed by atoms with Crippen molar-refractivity contribution >= 4 is 24.2 Å². The van der Waals surface area contributed by atoms with Crippen molar-refractivity contribution in [2.24, 2.45) is 5.73 Å². The molecule has 0 saturated carbocycles. The third kappa shape index (κ3) is 3.82. The third-order valence-corrected chi connectivity index (χ3v) is 2.90. The molecule has 1 rings (SSSR count). The van der Waals surface area contributed by atoms with Crippen LogP contribution in [0.5, 0.6) is 5.75 Å². The molecule has 0 heterocycles. The topological polar surface area (TPSA) is 35.2 Å². The van der Waals surface area contributed by atoms with Crippen molar-refractivity contribution in [3.05, 3.63) is 28.2 Å². The molecule has 2 nitrogen and oxygen atoms in total. The van der Waals surface area contributed by atoms with E-state index < -0.39 is 8.32 Å². The van der Waals surface area contributed by atoms with Crippen molar-refractivity contribution in [3.63, 3.8) is 0 Å². The van der Waals surface area contributed by atoms with Crippen molar-refractivity contribution < 1.29 is 4.43 Å². The van der Waals surface area contributed by atoms with Crippen LogP contribution in [0.2, 0.25) is 19.6 Å². The van der Waals surface area contributed by atoms with E-state index in [9.17, 15) is 0 Å². The summed E-state index contributed by atoms with van der Waals surface area (Å²) in [5, 5.41) is 0. The summed E-state index contributed by atoms with van der Waals surface area (Å²) in [6, 6.07) is 6.00. The summed E-state index contributed by atoms with van der Waals surface area (Å²) < 4.78 is 6.90. The van der Waals surface area contributed by atoms with Gasteiger partial charge in [0.15, 0.2) is 0 Å². The fourth-order valence-corrected chi connectivity index (χ4v) is 2.50. The van der Waals surface area contributed by atoms with Crippen molar-refractivity contribution in [1.29, 1.82) is 0 Å². The molecular weight excluding hydrogens is 258 g/mol. The first-order chi connectivity index (χ1) is 6.40. The van der Waals surface area contributed by atoms with Gasteiger partial charge in [-0.15, -0.1) is 0 Å². The largest absolute Gasteiger partial charge is 0.544 e. The van der Waals surface area contributed by atoms with Gasteiger partial charge >= 0.3 is 0 Å². The minimum atomic E-state index is -1.52. The highest BCUT2D eigenvalue weighted by molar-refractivity contribution is 9.10. The van der Waals surface area contributed by atoms with Crippen molar-refractivity contribution in [3.8, 4) is 5.75 Å². The smallest absolute Gasteiger partial charge is 0.242 e. The Morgan fingerprint density at radius 1 is 1.29 bits per heavy atom. The van der Waals surface area contributed by atoms with Crippen LogP contribution >= 0.6 is 15.9 Å². The monoisotopic (exact) mass is 273 g/mol. The van der Waals surface area contributed by atoms with E-state index in [2.05, 4.69) is 35.6 Å². The first kappa shape index (κ1) is 11.7. The van der Waals surface area contributed by atoms with Crippen LogP contribution in [0, 0.1) is 0 Å². The van der Waals surface area contributed by atoms with Gasteiger partial charge in [0.2, 0.25) is 8.32 Å². The van der Waals surface area contributed by atoms with Gasteiger partial charge in [-0.05, 0) is 43.4 Å². The van der Waals surface area contributed by atoms with E-state index in [0.717, 1.165) is 15.8 Å². The number of halogens is 1. The van der Waals surface area contributed by atoms with Crippen LogP contribution in [0.25, 0.3) is 0 Å². The second kappa shape index (κ2) is 4.46. The van der Waals surface area contributed by atoms with Gasteiger partial charge in [-0.2, -0.15) is 0 Å². The van der Waals surface area contributed by atoms with Gasteiger partial charge in [-0.25, -0.2) is 0 Å². The molecule has 0 aliphatic heterocycles. The lowest BCUT2D eigenvalue weighted by Crippen LogP contribution is -2.29. The summed E-state index contributed by atoms with van der Waals surface area (Å²) in [4.78, 5) is 0. The zero-order valence-electron chi connectivity index (χ0n) is 8.80. The van der Waals surface area contributed by atoms with Crippen LogP contribution in [-0.2, 0) is 6.54 Å². The molecule has 0 saturated heterocycles. The molecule has 0 aliphatic rings. The molecular formula is C10H16BrNOSi. The molecule has 0 amide bonds. The highest BCUT2D eigenvalue weighted by atomic mass is 79.9. The maximum Gasteiger partial charge on any atom is 0.242 e. The first-order valence-corrected chi connectivity index (χ1v) is 8.79. The van der Waals surface area contributed by atoms with Crippen LogP contribution < -0.4 is 10.2 Å². The predicted octanol–water partition coefficient (Wildman–Crippen LogP) is 3.12. The minimum absolute atomic E-state index is 0.543. The van der Waals surface area contributed by atoms with Crippen LogP contribution in [0.4, 0.5) is 0 Å². The SMILES string of the molecule is C[Si](C)(C)Oc1cc(Br)cc(CN)c1. The maximum atomic E-state index is 5.88. The van der Waals surface area contributed by atoms with E-state index >= 15 is 0 Å². The van der Waals surface area contributed by atoms with E-state index in [-0.39, 0.29) is 0 Å². The molecule has 0 radical (unpaired) electrons. The minimum Gasteiger partial charge on any atom is -0.544 e. The quantitative estimate of drug-likeness (QED) is 0.859. The molecule has 1 aromatic carbocycles. The van der Waals surface area contributed by atoms with E-state index in [0.29, 0.717) is 6.54 Å². The molecule has 0 atom stereocenters. The van der Waals surface area contributed by atoms with E-state index in [1.54, 1.807) is 0 Å². The van der Waals surface area contributed by atoms with E-state index in [1.165, 1.54) is 0 Å². The molecule has 0 fully saturated rings. The fourth-order valence-electron chi connectivity index (χ4n) is 1.15. The zero-order chi connectivity index (χ0) is 10.8. The van der Waals surface area contributed by atoms with Gasteiger partial charge in [0, 0.05) is 11.0 Å². The van der Waals surface area contributed by atoms with Gasteiger partial charge in [0.25, 0.3) is 0 Å². The van der Waals surface area contributed by atoms with Gasteiger partial charge in [-0.1, -0.05) is 15.9 Å². The fraction of sp³-hybridized carbons (Fsp3) is 0.400. The van der Waals surface area contributed by atoms with Crippen LogP contribution in [-0.4, -0.2) is 8.32 Å². The summed E-state index contributed by atoms with van der Waals surface area (Å²) in [7, 11) is -1.52. The third-order valence-electron chi connectivity index (χ3n) is 1.59. The van der Waals surface area contributed by atoms with Gasteiger partial charge in [-0.3, -0.25) is 0 Å². The zero-order valence-corrected chi connectivity index (χ0v) is 11.4. The average Bonchev–Trinajstić information content (AvgIpc) is 1.99. The average molecular weight is 274 g/mol. The number of hydrogen-bond donors (Lipinski definition) is 1. The molecule has 14 heavy (non-hydrogen) atoms. The second-order valence-corrected chi connectivity index (χ2v) is 9.56. The lowest BCUT2D eigenvalue weighted by molar-refractivity contribution is 0.556. The number of rotatable bonds is 3.